The van der Waals surface area contributed by atoms with Crippen molar-refractivity contribution in [2.45, 2.75) is 0 Å². The molecule has 0 N–H and O–H groups in total. The summed E-state index contributed by atoms with van der Waals surface area (Å²) in [6, 6.07) is 3.39. The second-order valence-electron chi connectivity index (χ2n) is 1.16. The Morgan fingerprint density at radius 3 is 1.00 bits per heavy atom. The summed E-state index contributed by atoms with van der Waals surface area (Å²) in [6.45, 7) is 6.24. The second kappa shape index (κ2) is 17.7. The summed E-state index contributed by atoms with van der Waals surface area (Å²) < 4.78 is 39.0. The Morgan fingerprint density at radius 2 is 1.00 bits per heavy atom. The molecule has 82 valence electrons. The third-order valence-electron chi connectivity index (χ3n) is 0.183. The van der Waals surface area contributed by atoms with Gasteiger partial charge < -0.3 is 17.3 Å². The molecule has 0 aliphatic rings. The smallest absolute Gasteiger partial charge is 0.418 e. The van der Waals surface area contributed by atoms with Gasteiger partial charge in [0.05, 0.1) is 12.1 Å². The van der Waals surface area contributed by atoms with E-state index in [-0.39, 0.29) is 17.1 Å². The van der Waals surface area contributed by atoms with Crippen LogP contribution in [0.4, 0.5) is 17.3 Å². The van der Waals surface area contributed by atoms with Gasteiger partial charge in [-0.05, 0) is 0 Å². The van der Waals surface area contributed by atoms with Gasteiger partial charge in [-0.15, -0.1) is 0 Å². The van der Waals surface area contributed by atoms with E-state index in [4.69, 9.17) is 10.5 Å². The van der Waals surface area contributed by atoms with Crippen molar-refractivity contribution in [3.8, 4) is 12.1 Å². The van der Waals surface area contributed by atoms with Crippen molar-refractivity contribution in [2.75, 3.05) is 0 Å². The molecule has 0 rings (SSSR count). The van der Waals surface area contributed by atoms with Crippen molar-refractivity contribution in [1.29, 1.82) is 10.5 Å². The molecular weight excluding hydrogens is 250 g/mol. The third-order valence-corrected chi connectivity index (χ3v) is 0.183. The molecule has 0 fully saturated rings. The minimum atomic E-state index is -6.00. The molecule has 0 spiro atoms. The van der Waals surface area contributed by atoms with E-state index in [1.807, 2.05) is 0 Å². The molecule has 0 aromatic heterocycles. The maximum absolute atomic E-state index is 9.75. The Labute approximate surface area is 90.1 Å². The number of halogens is 4. The van der Waals surface area contributed by atoms with Gasteiger partial charge in [0.2, 0.25) is 0 Å². The van der Waals surface area contributed by atoms with E-state index in [0.29, 0.717) is 0 Å². The molecule has 0 amide bonds. The normalized spacial score (nSPS) is 6.43. The molecule has 8 heteroatoms. The Kier molecular flexibility index (Phi) is 29.2. The first-order valence-corrected chi connectivity index (χ1v) is 2.71. The fourth-order valence-electron chi connectivity index (χ4n) is 0. The standard InChI is InChI=1S/2C3H3N.BF4.Cu/c2*1-2-3-4;2-1(3,4)5;/h2*2H,1H2;;/q;;-1;+1. The van der Waals surface area contributed by atoms with E-state index < -0.39 is 7.25 Å². The summed E-state index contributed by atoms with van der Waals surface area (Å²) in [6.07, 6.45) is 2.36. The topological polar surface area (TPSA) is 47.6 Å². The van der Waals surface area contributed by atoms with Crippen LogP contribution in [-0.2, 0) is 17.1 Å². The molecular formula is C6H6BCuF4N2. The summed E-state index contributed by atoms with van der Waals surface area (Å²) in [5.41, 5.74) is 0. The summed E-state index contributed by atoms with van der Waals surface area (Å²) in [7, 11) is -6.00. The van der Waals surface area contributed by atoms with E-state index in [1.165, 1.54) is 12.2 Å². The van der Waals surface area contributed by atoms with Crippen LogP contribution in [0.15, 0.2) is 25.3 Å². The van der Waals surface area contributed by atoms with Crippen molar-refractivity contribution in [3.05, 3.63) is 25.3 Å². The average Bonchev–Trinajstić information content (AvgIpc) is 2.01. The van der Waals surface area contributed by atoms with Crippen molar-refractivity contribution in [2.24, 2.45) is 0 Å². The van der Waals surface area contributed by atoms with Gasteiger partial charge in [0.1, 0.15) is 0 Å². The van der Waals surface area contributed by atoms with Gasteiger partial charge in [0, 0.05) is 12.2 Å². The van der Waals surface area contributed by atoms with Crippen LogP contribution >= 0.6 is 0 Å². The zero-order valence-electron chi connectivity index (χ0n) is 6.85. The number of rotatable bonds is 0. The summed E-state index contributed by atoms with van der Waals surface area (Å²) >= 11 is 0. The molecule has 0 atom stereocenters. The number of nitriles is 2. The Hall–Kier alpha value is -1.24. The molecule has 0 saturated carbocycles. The minimum Gasteiger partial charge on any atom is -0.418 e. The fraction of sp³-hybridized carbons (Fsp3) is 0. The molecule has 0 saturated heterocycles. The van der Waals surface area contributed by atoms with Crippen LogP contribution < -0.4 is 0 Å². The Morgan fingerprint density at radius 1 is 0.929 bits per heavy atom. The van der Waals surface area contributed by atoms with Gasteiger partial charge in [-0.25, -0.2) is 0 Å². The molecule has 0 heterocycles. The van der Waals surface area contributed by atoms with Gasteiger partial charge in [-0.1, -0.05) is 13.2 Å². The second-order valence-corrected chi connectivity index (χ2v) is 1.16. The average molecular weight is 256 g/mol. The molecule has 14 heavy (non-hydrogen) atoms. The molecule has 0 unspecified atom stereocenters. The van der Waals surface area contributed by atoms with E-state index in [0.717, 1.165) is 0 Å². The van der Waals surface area contributed by atoms with Gasteiger partial charge in [0.15, 0.2) is 0 Å². The molecule has 0 aromatic rings. The van der Waals surface area contributed by atoms with Crippen molar-refractivity contribution >= 4 is 7.25 Å². The Bertz CT molecular complexity index is 191. The van der Waals surface area contributed by atoms with E-state index in [9.17, 15) is 17.3 Å². The van der Waals surface area contributed by atoms with Crippen LogP contribution in [0.5, 0.6) is 0 Å². The van der Waals surface area contributed by atoms with Crippen LogP contribution in [0.3, 0.4) is 0 Å². The van der Waals surface area contributed by atoms with Crippen molar-refractivity contribution < 1.29 is 34.3 Å². The van der Waals surface area contributed by atoms with Gasteiger partial charge in [0.25, 0.3) is 0 Å². The van der Waals surface area contributed by atoms with E-state index in [1.54, 1.807) is 12.1 Å². The first-order valence-electron chi connectivity index (χ1n) is 2.71. The molecule has 0 radical (unpaired) electrons. The first-order chi connectivity index (χ1) is 5.83. The molecule has 0 bridgehead atoms. The van der Waals surface area contributed by atoms with E-state index >= 15 is 0 Å². The van der Waals surface area contributed by atoms with Crippen LogP contribution in [0.2, 0.25) is 0 Å². The number of allylic oxidation sites excluding steroid dienone is 2. The molecule has 2 nitrogen and oxygen atoms in total. The monoisotopic (exact) mass is 256 g/mol. The first kappa shape index (κ1) is 23.0. The summed E-state index contributed by atoms with van der Waals surface area (Å²) in [4.78, 5) is 0. The van der Waals surface area contributed by atoms with Gasteiger partial charge in [-0.2, -0.15) is 10.5 Å². The summed E-state index contributed by atoms with van der Waals surface area (Å²) in [5.74, 6) is 0. The number of hydrogen-bond acceptors (Lipinski definition) is 2. The molecule has 0 aliphatic carbocycles. The van der Waals surface area contributed by atoms with Crippen LogP contribution in [0, 0.1) is 22.7 Å². The zero-order valence-corrected chi connectivity index (χ0v) is 7.80. The minimum absolute atomic E-state index is 0. The maximum atomic E-state index is 9.75. The van der Waals surface area contributed by atoms with E-state index in [2.05, 4.69) is 13.2 Å². The predicted octanol–water partition coefficient (Wildman–Crippen LogP) is 2.69. The van der Waals surface area contributed by atoms with Crippen LogP contribution in [0.25, 0.3) is 0 Å². The Balaban J connectivity index is -0.0000000522. The maximum Gasteiger partial charge on any atom is 1.00 e. The fourth-order valence-corrected chi connectivity index (χ4v) is 0. The third kappa shape index (κ3) is 1760. The quantitative estimate of drug-likeness (QED) is 0.380. The van der Waals surface area contributed by atoms with Crippen LogP contribution in [0.1, 0.15) is 0 Å². The van der Waals surface area contributed by atoms with Gasteiger partial charge in [-0.3, -0.25) is 0 Å². The van der Waals surface area contributed by atoms with Gasteiger partial charge >= 0.3 is 24.3 Å². The number of hydrogen-bond donors (Lipinski definition) is 0. The summed E-state index contributed by atoms with van der Waals surface area (Å²) in [5, 5.41) is 15.0. The molecule has 0 aliphatic heterocycles. The SMILES string of the molecule is C=CC#N.C=CC#N.F[B-](F)(F)F.[Cu+]. The molecule has 0 aromatic carbocycles. The zero-order chi connectivity index (χ0) is 11.3. The largest absolute Gasteiger partial charge is 1.00 e. The predicted molar refractivity (Wildman–Crippen MR) is 41.8 cm³/mol. The van der Waals surface area contributed by atoms with Crippen LogP contribution in [-0.4, -0.2) is 7.25 Å². The number of nitrogens with zero attached hydrogens (tertiary/aromatic N) is 2. The van der Waals surface area contributed by atoms with Crippen molar-refractivity contribution in [3.63, 3.8) is 0 Å². The van der Waals surface area contributed by atoms with Crippen molar-refractivity contribution in [1.82, 2.24) is 0 Å².